The van der Waals surface area contributed by atoms with Gasteiger partial charge in [0.2, 0.25) is 0 Å². The number of carbonyl (C=O) groups excluding carboxylic acids is 1. The summed E-state index contributed by atoms with van der Waals surface area (Å²) >= 11 is 11.6. The molecule has 2 aromatic carbocycles. The van der Waals surface area contributed by atoms with Gasteiger partial charge in [-0.05, 0) is 42.5 Å². The lowest BCUT2D eigenvalue weighted by molar-refractivity contribution is 0.0945. The van der Waals surface area contributed by atoms with Gasteiger partial charge in [0.15, 0.2) is 0 Å². The molecular formula is C13H9Cl2FN2O3S. The quantitative estimate of drug-likeness (QED) is 0.821. The van der Waals surface area contributed by atoms with E-state index in [1.54, 1.807) is 0 Å². The number of benzene rings is 2. The summed E-state index contributed by atoms with van der Waals surface area (Å²) in [5, 5.41) is 0.388. The van der Waals surface area contributed by atoms with Crippen LogP contribution in [0.25, 0.3) is 0 Å². The maximum atomic E-state index is 12.8. The molecule has 22 heavy (non-hydrogen) atoms. The number of halogens is 3. The first-order chi connectivity index (χ1) is 10.3. The molecule has 0 radical (unpaired) electrons. The van der Waals surface area contributed by atoms with Crippen LogP contribution in [-0.2, 0) is 10.0 Å². The van der Waals surface area contributed by atoms with Gasteiger partial charge in [0, 0.05) is 5.02 Å². The number of hydrogen-bond acceptors (Lipinski definition) is 3. The highest BCUT2D eigenvalue weighted by molar-refractivity contribution is 7.89. The van der Waals surface area contributed by atoms with Crippen LogP contribution in [0.1, 0.15) is 10.4 Å². The highest BCUT2D eigenvalue weighted by Crippen LogP contribution is 2.20. The Hall–Kier alpha value is -1.67. The number of amides is 1. The van der Waals surface area contributed by atoms with E-state index in [-0.39, 0.29) is 20.5 Å². The monoisotopic (exact) mass is 362 g/mol. The topological polar surface area (TPSA) is 75.3 Å². The minimum Gasteiger partial charge on any atom is -0.273 e. The minimum atomic E-state index is -4.03. The van der Waals surface area contributed by atoms with Gasteiger partial charge in [-0.15, -0.1) is 4.83 Å². The largest absolute Gasteiger partial charge is 0.273 e. The zero-order valence-electron chi connectivity index (χ0n) is 10.8. The number of nitrogens with one attached hydrogen (secondary N) is 2. The Balaban J connectivity index is 2.13. The summed E-state index contributed by atoms with van der Waals surface area (Å²) in [6, 6.07) is 8.31. The van der Waals surface area contributed by atoms with Crippen molar-refractivity contribution in [3.63, 3.8) is 0 Å². The molecule has 0 aromatic heterocycles. The Labute approximate surface area is 136 Å². The zero-order valence-corrected chi connectivity index (χ0v) is 13.1. The van der Waals surface area contributed by atoms with Gasteiger partial charge in [-0.3, -0.25) is 10.2 Å². The van der Waals surface area contributed by atoms with Gasteiger partial charge in [0.05, 0.1) is 15.5 Å². The van der Waals surface area contributed by atoms with E-state index in [0.717, 1.165) is 24.3 Å². The summed E-state index contributed by atoms with van der Waals surface area (Å²) in [5.41, 5.74) is 2.02. The van der Waals surface area contributed by atoms with E-state index >= 15 is 0 Å². The van der Waals surface area contributed by atoms with Crippen molar-refractivity contribution in [3.8, 4) is 0 Å². The molecule has 2 rings (SSSR count). The lowest BCUT2D eigenvalue weighted by Gasteiger charge is -2.09. The maximum absolute atomic E-state index is 12.8. The fraction of sp³-hybridized carbons (Fsp3) is 0. The van der Waals surface area contributed by atoms with Gasteiger partial charge in [0.1, 0.15) is 5.82 Å². The minimum absolute atomic E-state index is 0.0102. The molecule has 5 nitrogen and oxygen atoms in total. The van der Waals surface area contributed by atoms with Gasteiger partial charge in [-0.2, -0.15) is 0 Å². The first kappa shape index (κ1) is 16.7. The maximum Gasteiger partial charge on any atom is 0.267 e. The van der Waals surface area contributed by atoms with Crippen molar-refractivity contribution >= 4 is 39.1 Å². The smallest absolute Gasteiger partial charge is 0.267 e. The van der Waals surface area contributed by atoms with Crippen molar-refractivity contribution in [1.29, 1.82) is 0 Å². The number of hydrazine groups is 1. The van der Waals surface area contributed by atoms with Gasteiger partial charge < -0.3 is 0 Å². The average Bonchev–Trinajstić information content (AvgIpc) is 2.48. The summed E-state index contributed by atoms with van der Waals surface area (Å²) < 4.78 is 36.6. The lowest BCUT2D eigenvalue weighted by atomic mass is 10.2. The Morgan fingerprint density at radius 1 is 1.05 bits per heavy atom. The lowest BCUT2D eigenvalue weighted by Crippen LogP contribution is -2.41. The number of rotatable bonds is 4. The van der Waals surface area contributed by atoms with Crippen LogP contribution >= 0.6 is 23.2 Å². The van der Waals surface area contributed by atoms with Crippen LogP contribution < -0.4 is 10.3 Å². The van der Waals surface area contributed by atoms with Crippen LogP contribution in [0.5, 0.6) is 0 Å². The standard InChI is InChI=1S/C13H9Cl2FN2O3S/c14-8-1-6-12(15)11(7-8)13(19)17-18-22(20,21)10-4-2-9(16)3-5-10/h1-7,18H,(H,17,19). The van der Waals surface area contributed by atoms with E-state index in [2.05, 4.69) is 0 Å². The Bertz CT molecular complexity index is 811. The van der Waals surface area contributed by atoms with Gasteiger partial charge in [0.25, 0.3) is 15.9 Å². The molecule has 1 amide bonds. The first-order valence-electron chi connectivity index (χ1n) is 5.82. The molecule has 2 aromatic rings. The van der Waals surface area contributed by atoms with Gasteiger partial charge in [-0.1, -0.05) is 23.2 Å². The van der Waals surface area contributed by atoms with Crippen molar-refractivity contribution in [1.82, 2.24) is 10.3 Å². The molecular weight excluding hydrogens is 354 g/mol. The molecule has 0 aliphatic heterocycles. The van der Waals surface area contributed by atoms with Crippen molar-refractivity contribution in [2.45, 2.75) is 4.90 Å². The van der Waals surface area contributed by atoms with E-state index in [4.69, 9.17) is 23.2 Å². The van der Waals surface area contributed by atoms with Crippen LogP contribution in [0.4, 0.5) is 4.39 Å². The second-order valence-electron chi connectivity index (χ2n) is 4.14. The fourth-order valence-corrected chi connectivity index (χ4v) is 2.74. The third-order valence-electron chi connectivity index (χ3n) is 2.60. The molecule has 116 valence electrons. The second-order valence-corrected chi connectivity index (χ2v) is 6.66. The van der Waals surface area contributed by atoms with Gasteiger partial charge in [-0.25, -0.2) is 12.8 Å². The number of hydrogen-bond donors (Lipinski definition) is 2. The van der Waals surface area contributed by atoms with Crippen molar-refractivity contribution in [3.05, 3.63) is 63.9 Å². The zero-order chi connectivity index (χ0) is 16.3. The Morgan fingerprint density at radius 2 is 1.68 bits per heavy atom. The molecule has 0 bridgehead atoms. The highest BCUT2D eigenvalue weighted by Gasteiger charge is 2.17. The van der Waals surface area contributed by atoms with Crippen LogP contribution in [-0.4, -0.2) is 14.3 Å². The third kappa shape index (κ3) is 3.95. The predicted octanol–water partition coefficient (Wildman–Crippen LogP) is 2.76. The van der Waals surface area contributed by atoms with Crippen molar-refractivity contribution in [2.24, 2.45) is 0 Å². The van der Waals surface area contributed by atoms with Gasteiger partial charge >= 0.3 is 0 Å². The molecule has 0 aliphatic rings. The summed E-state index contributed by atoms with van der Waals surface area (Å²) in [5.74, 6) is -1.35. The molecule has 0 saturated carbocycles. The first-order valence-corrected chi connectivity index (χ1v) is 8.06. The predicted molar refractivity (Wildman–Crippen MR) is 80.6 cm³/mol. The van der Waals surface area contributed by atoms with E-state index < -0.39 is 21.7 Å². The summed E-state index contributed by atoms with van der Waals surface area (Å²) in [7, 11) is -4.03. The van der Waals surface area contributed by atoms with Crippen molar-refractivity contribution < 1.29 is 17.6 Å². The van der Waals surface area contributed by atoms with E-state index in [1.807, 2.05) is 10.3 Å². The van der Waals surface area contributed by atoms with E-state index in [1.165, 1.54) is 18.2 Å². The van der Waals surface area contributed by atoms with Crippen LogP contribution in [0.3, 0.4) is 0 Å². The SMILES string of the molecule is O=C(NNS(=O)(=O)c1ccc(F)cc1)c1cc(Cl)ccc1Cl. The molecule has 0 fully saturated rings. The number of sulfonamides is 1. The molecule has 0 spiro atoms. The summed E-state index contributed by atoms with van der Waals surface area (Å²) in [6.07, 6.45) is 0. The molecule has 2 N–H and O–H groups in total. The van der Waals surface area contributed by atoms with E-state index in [0.29, 0.717) is 0 Å². The normalized spacial score (nSPS) is 11.2. The van der Waals surface area contributed by atoms with Crippen LogP contribution in [0.15, 0.2) is 47.4 Å². The van der Waals surface area contributed by atoms with E-state index in [9.17, 15) is 17.6 Å². The molecule has 0 unspecified atom stereocenters. The Kier molecular flexibility index (Phi) is 5.02. The third-order valence-corrected chi connectivity index (χ3v) is 4.42. The van der Waals surface area contributed by atoms with Crippen molar-refractivity contribution in [2.75, 3.05) is 0 Å². The van der Waals surface area contributed by atoms with Crippen LogP contribution in [0, 0.1) is 5.82 Å². The second kappa shape index (κ2) is 6.62. The summed E-state index contributed by atoms with van der Waals surface area (Å²) in [4.78, 5) is 13.6. The highest BCUT2D eigenvalue weighted by atomic mass is 35.5. The number of carbonyl (C=O) groups is 1. The van der Waals surface area contributed by atoms with Crippen LogP contribution in [0.2, 0.25) is 10.0 Å². The average molecular weight is 363 g/mol. The Morgan fingerprint density at radius 3 is 2.32 bits per heavy atom. The summed E-state index contributed by atoms with van der Waals surface area (Å²) in [6.45, 7) is 0. The molecule has 0 heterocycles. The molecule has 0 aliphatic carbocycles. The fourth-order valence-electron chi connectivity index (χ4n) is 1.53. The molecule has 9 heteroatoms. The molecule has 0 saturated heterocycles. The molecule has 0 atom stereocenters.